The van der Waals surface area contributed by atoms with Crippen LogP contribution in [0.5, 0.6) is 11.5 Å². The van der Waals surface area contributed by atoms with Gasteiger partial charge in [0, 0.05) is 5.56 Å². The number of rotatable bonds is 5. The molecule has 0 amide bonds. The predicted octanol–water partition coefficient (Wildman–Crippen LogP) is 3.15. The number of aliphatic carboxylic acids is 1. The zero-order valence-corrected chi connectivity index (χ0v) is 11.3. The molecule has 1 aromatic rings. The van der Waals surface area contributed by atoms with Crippen LogP contribution in [0.1, 0.15) is 36.8 Å². The second-order valence-electron chi connectivity index (χ2n) is 4.84. The molecular weight excluding hydrogens is 270 g/mol. The third-order valence-corrected chi connectivity index (χ3v) is 3.92. The monoisotopic (exact) mass is 286 g/mol. The van der Waals surface area contributed by atoms with Crippen LogP contribution in [0.25, 0.3) is 0 Å². The van der Waals surface area contributed by atoms with E-state index in [2.05, 4.69) is 0 Å². The Kier molecular flexibility index (Phi) is 3.83. The summed E-state index contributed by atoms with van der Waals surface area (Å²) in [5, 5.41) is 9.45. The van der Waals surface area contributed by atoms with Gasteiger partial charge in [0.05, 0.1) is 25.2 Å². The number of ether oxygens (including phenoxy) is 2. The van der Waals surface area contributed by atoms with Gasteiger partial charge in [-0.2, -0.15) is 0 Å². The number of halogens is 2. The van der Waals surface area contributed by atoms with E-state index >= 15 is 0 Å². The van der Waals surface area contributed by atoms with E-state index in [-0.39, 0.29) is 17.1 Å². The summed E-state index contributed by atoms with van der Waals surface area (Å²) in [5.41, 5.74) is -0.952. The zero-order chi connectivity index (χ0) is 14.9. The molecule has 1 saturated carbocycles. The number of alkyl halides is 2. The van der Waals surface area contributed by atoms with E-state index in [1.165, 1.54) is 26.4 Å². The summed E-state index contributed by atoms with van der Waals surface area (Å²) >= 11 is 0. The van der Waals surface area contributed by atoms with Gasteiger partial charge in [-0.3, -0.25) is 4.79 Å². The van der Waals surface area contributed by atoms with Crippen molar-refractivity contribution in [1.82, 2.24) is 0 Å². The lowest BCUT2D eigenvalue weighted by Crippen LogP contribution is -2.42. The van der Waals surface area contributed by atoms with Crippen LogP contribution in [0.2, 0.25) is 0 Å². The molecule has 20 heavy (non-hydrogen) atoms. The Hall–Kier alpha value is -1.85. The molecule has 6 heteroatoms. The molecule has 1 aromatic carbocycles. The normalized spacial score (nSPS) is 16.6. The third kappa shape index (κ3) is 2.09. The molecule has 1 N–H and O–H groups in total. The van der Waals surface area contributed by atoms with Crippen LogP contribution in [-0.4, -0.2) is 25.3 Å². The highest BCUT2D eigenvalue weighted by molar-refractivity contribution is 5.84. The zero-order valence-electron chi connectivity index (χ0n) is 11.3. The van der Waals surface area contributed by atoms with Crippen LogP contribution in [0.3, 0.4) is 0 Å². The van der Waals surface area contributed by atoms with E-state index in [1.807, 2.05) is 0 Å². The molecule has 1 fully saturated rings. The smallest absolute Gasteiger partial charge is 0.314 e. The highest BCUT2D eigenvalue weighted by atomic mass is 19.3. The molecule has 0 unspecified atom stereocenters. The summed E-state index contributed by atoms with van der Waals surface area (Å²) in [6.45, 7) is 0. The Labute approximate surface area is 115 Å². The van der Waals surface area contributed by atoms with Crippen molar-refractivity contribution in [2.45, 2.75) is 31.1 Å². The van der Waals surface area contributed by atoms with Crippen molar-refractivity contribution in [1.29, 1.82) is 0 Å². The highest BCUT2D eigenvalue weighted by Gasteiger charge is 2.48. The quantitative estimate of drug-likeness (QED) is 0.903. The molecule has 0 heterocycles. The van der Waals surface area contributed by atoms with Gasteiger partial charge in [0.1, 0.15) is 11.5 Å². The maximum Gasteiger partial charge on any atom is 0.314 e. The van der Waals surface area contributed by atoms with Gasteiger partial charge >= 0.3 is 5.97 Å². The summed E-state index contributed by atoms with van der Waals surface area (Å²) in [6, 6.07) is 2.54. The van der Waals surface area contributed by atoms with E-state index in [0.717, 1.165) is 6.42 Å². The molecule has 0 atom stereocenters. The molecule has 0 aliphatic heterocycles. The fraction of sp³-hybridized carbons (Fsp3) is 0.500. The fourth-order valence-corrected chi connectivity index (χ4v) is 2.59. The average Bonchev–Trinajstić information content (AvgIpc) is 2.36. The Balaban J connectivity index is 2.61. The number of benzene rings is 1. The van der Waals surface area contributed by atoms with E-state index in [4.69, 9.17) is 9.47 Å². The minimum absolute atomic E-state index is 0.0108. The minimum Gasteiger partial charge on any atom is -0.496 e. The number of hydrogen-bond donors (Lipinski definition) is 1. The summed E-state index contributed by atoms with van der Waals surface area (Å²) in [6.07, 6.45) is -0.991. The summed E-state index contributed by atoms with van der Waals surface area (Å²) in [5.74, 6) is -0.805. The first kappa shape index (κ1) is 14.6. The summed E-state index contributed by atoms with van der Waals surface area (Å²) < 4.78 is 36.0. The van der Waals surface area contributed by atoms with Gasteiger partial charge in [0.2, 0.25) is 0 Å². The fourth-order valence-electron chi connectivity index (χ4n) is 2.59. The Morgan fingerprint density at radius 2 is 1.85 bits per heavy atom. The Bertz CT molecular complexity index is 524. The first-order chi connectivity index (χ1) is 9.46. The van der Waals surface area contributed by atoms with Gasteiger partial charge in [-0.15, -0.1) is 0 Å². The van der Waals surface area contributed by atoms with Gasteiger partial charge in [0.25, 0.3) is 6.43 Å². The molecule has 2 rings (SSSR count). The van der Waals surface area contributed by atoms with Crippen LogP contribution in [0.15, 0.2) is 12.1 Å². The number of carboxylic acids is 1. The molecule has 0 spiro atoms. The summed E-state index contributed by atoms with van der Waals surface area (Å²) in [4.78, 5) is 11.5. The number of carboxylic acid groups (broad SMARTS) is 1. The molecule has 0 saturated heterocycles. The maximum atomic E-state index is 13.0. The molecule has 0 radical (unpaired) electrons. The van der Waals surface area contributed by atoms with E-state index in [9.17, 15) is 18.7 Å². The highest BCUT2D eigenvalue weighted by Crippen LogP contribution is 2.49. The SMILES string of the molecule is COc1cc(C2(C(=O)O)CCC2)c(OC)cc1C(F)F. The van der Waals surface area contributed by atoms with Gasteiger partial charge in [-0.25, -0.2) is 8.78 Å². The van der Waals surface area contributed by atoms with Crippen molar-refractivity contribution in [3.63, 3.8) is 0 Å². The van der Waals surface area contributed by atoms with Crippen LogP contribution in [0.4, 0.5) is 8.78 Å². The van der Waals surface area contributed by atoms with E-state index in [0.29, 0.717) is 18.4 Å². The van der Waals surface area contributed by atoms with Crippen molar-refractivity contribution in [3.05, 3.63) is 23.3 Å². The number of hydrogen-bond acceptors (Lipinski definition) is 3. The predicted molar refractivity (Wildman–Crippen MR) is 67.7 cm³/mol. The second-order valence-corrected chi connectivity index (χ2v) is 4.84. The van der Waals surface area contributed by atoms with Gasteiger partial charge in [0.15, 0.2) is 0 Å². The van der Waals surface area contributed by atoms with Gasteiger partial charge < -0.3 is 14.6 Å². The molecular formula is C14H16F2O4. The molecule has 4 nitrogen and oxygen atoms in total. The third-order valence-electron chi connectivity index (χ3n) is 3.92. The topological polar surface area (TPSA) is 55.8 Å². The van der Waals surface area contributed by atoms with Gasteiger partial charge in [-0.05, 0) is 25.0 Å². The van der Waals surface area contributed by atoms with Crippen LogP contribution < -0.4 is 9.47 Å². The Morgan fingerprint density at radius 3 is 2.20 bits per heavy atom. The van der Waals surface area contributed by atoms with Crippen LogP contribution in [0, 0.1) is 0 Å². The molecule has 0 bridgehead atoms. The van der Waals surface area contributed by atoms with Crippen LogP contribution in [-0.2, 0) is 10.2 Å². The summed E-state index contributed by atoms with van der Waals surface area (Å²) in [7, 11) is 2.63. The van der Waals surface area contributed by atoms with Crippen molar-refractivity contribution in [2.24, 2.45) is 0 Å². The maximum absolute atomic E-state index is 13.0. The standard InChI is InChI=1S/C14H16F2O4/c1-19-10-7-9(14(13(17)18)4-3-5-14)11(20-2)6-8(10)12(15)16/h6-7,12H,3-5H2,1-2H3,(H,17,18). The van der Waals surface area contributed by atoms with Crippen molar-refractivity contribution < 1.29 is 28.2 Å². The molecule has 1 aliphatic carbocycles. The molecule has 1 aliphatic rings. The van der Waals surface area contributed by atoms with Gasteiger partial charge in [-0.1, -0.05) is 6.42 Å². The number of carbonyl (C=O) groups is 1. The average molecular weight is 286 g/mol. The first-order valence-corrected chi connectivity index (χ1v) is 6.24. The second kappa shape index (κ2) is 5.26. The lowest BCUT2D eigenvalue weighted by molar-refractivity contribution is -0.147. The minimum atomic E-state index is -2.71. The lowest BCUT2D eigenvalue weighted by atomic mass is 9.64. The number of methoxy groups -OCH3 is 2. The van der Waals surface area contributed by atoms with Crippen molar-refractivity contribution >= 4 is 5.97 Å². The first-order valence-electron chi connectivity index (χ1n) is 6.24. The molecule has 110 valence electrons. The lowest BCUT2D eigenvalue weighted by Gasteiger charge is -2.39. The molecule has 0 aromatic heterocycles. The Morgan fingerprint density at radius 1 is 1.25 bits per heavy atom. The van der Waals surface area contributed by atoms with E-state index < -0.39 is 17.8 Å². The van der Waals surface area contributed by atoms with E-state index in [1.54, 1.807) is 0 Å². The largest absolute Gasteiger partial charge is 0.496 e. The van der Waals surface area contributed by atoms with Crippen LogP contribution >= 0.6 is 0 Å². The van der Waals surface area contributed by atoms with Crippen molar-refractivity contribution in [2.75, 3.05) is 14.2 Å². The van der Waals surface area contributed by atoms with Crippen molar-refractivity contribution in [3.8, 4) is 11.5 Å².